The van der Waals surface area contributed by atoms with Crippen LogP contribution in [0.2, 0.25) is 0 Å². The summed E-state index contributed by atoms with van der Waals surface area (Å²) in [6.45, 7) is 2.71. The molecule has 1 aliphatic rings. The Hall–Kier alpha value is -0.750. The molecule has 0 unspecified atom stereocenters. The molecule has 2 atom stereocenters. The lowest BCUT2D eigenvalue weighted by atomic mass is 9.97. The van der Waals surface area contributed by atoms with E-state index in [1.807, 2.05) is 6.92 Å². The van der Waals surface area contributed by atoms with Gasteiger partial charge in [0.15, 0.2) is 5.16 Å². The van der Waals surface area contributed by atoms with E-state index in [0.29, 0.717) is 11.7 Å². The van der Waals surface area contributed by atoms with Gasteiger partial charge in [-0.15, -0.1) is 5.10 Å². The molecular formula is C11H19N3O2S. The van der Waals surface area contributed by atoms with E-state index in [4.69, 9.17) is 0 Å². The third-order valence-corrected chi connectivity index (χ3v) is 4.47. The zero-order valence-electron chi connectivity index (χ0n) is 10.1. The summed E-state index contributed by atoms with van der Waals surface area (Å²) >= 11 is 1.53. The van der Waals surface area contributed by atoms with Crippen molar-refractivity contribution in [3.63, 3.8) is 0 Å². The molecule has 2 N–H and O–H groups in total. The van der Waals surface area contributed by atoms with E-state index in [0.717, 1.165) is 32.1 Å². The van der Waals surface area contributed by atoms with E-state index in [9.17, 15) is 9.90 Å². The van der Waals surface area contributed by atoms with Crippen LogP contribution in [-0.4, -0.2) is 31.2 Å². The van der Waals surface area contributed by atoms with E-state index >= 15 is 0 Å². The first-order valence-corrected chi connectivity index (χ1v) is 7.10. The molecule has 0 aromatic carbocycles. The second-order valence-corrected chi connectivity index (χ2v) is 5.68. The zero-order chi connectivity index (χ0) is 12.3. The van der Waals surface area contributed by atoms with Gasteiger partial charge in [0.2, 0.25) is 0 Å². The topological polar surface area (TPSA) is 70.9 Å². The maximum Gasteiger partial charge on any atom is 0.343 e. The largest absolute Gasteiger partial charge is 0.392 e. The van der Waals surface area contributed by atoms with E-state index in [2.05, 4.69) is 10.2 Å². The number of nitrogens with zero attached hydrogens (tertiary/aromatic N) is 2. The first-order valence-electron chi connectivity index (χ1n) is 6.22. The van der Waals surface area contributed by atoms with E-state index in [1.54, 1.807) is 4.57 Å². The number of aliphatic hydroxyl groups excluding tert-OH is 1. The van der Waals surface area contributed by atoms with Crippen LogP contribution in [0.25, 0.3) is 0 Å². The minimum absolute atomic E-state index is 0.153. The lowest BCUT2D eigenvalue weighted by Crippen LogP contribution is -2.27. The Morgan fingerprint density at radius 3 is 3.00 bits per heavy atom. The minimum Gasteiger partial charge on any atom is -0.392 e. The second kappa shape index (κ2) is 5.73. The van der Waals surface area contributed by atoms with Crippen molar-refractivity contribution in [1.82, 2.24) is 14.8 Å². The van der Waals surface area contributed by atoms with Gasteiger partial charge in [-0.05, 0) is 19.3 Å². The van der Waals surface area contributed by atoms with Gasteiger partial charge in [-0.1, -0.05) is 31.5 Å². The molecule has 1 fully saturated rings. The van der Waals surface area contributed by atoms with Crippen LogP contribution in [0.1, 0.15) is 39.0 Å². The fourth-order valence-electron chi connectivity index (χ4n) is 2.16. The molecule has 1 aromatic heterocycles. The van der Waals surface area contributed by atoms with Gasteiger partial charge in [-0.2, -0.15) is 0 Å². The molecule has 0 aliphatic heterocycles. The molecule has 2 rings (SSSR count). The van der Waals surface area contributed by atoms with Gasteiger partial charge in [0, 0.05) is 11.8 Å². The van der Waals surface area contributed by atoms with E-state index in [1.165, 1.54) is 11.8 Å². The molecule has 17 heavy (non-hydrogen) atoms. The van der Waals surface area contributed by atoms with Crippen molar-refractivity contribution in [2.24, 2.45) is 0 Å². The molecule has 0 radical (unpaired) electrons. The highest BCUT2D eigenvalue weighted by atomic mass is 32.2. The summed E-state index contributed by atoms with van der Waals surface area (Å²) in [6.07, 6.45) is 4.74. The minimum atomic E-state index is -0.268. The fraction of sp³-hybridized carbons (Fsp3) is 0.818. The molecule has 1 aliphatic carbocycles. The quantitative estimate of drug-likeness (QED) is 0.855. The fourth-order valence-corrected chi connectivity index (χ4v) is 3.41. The van der Waals surface area contributed by atoms with Gasteiger partial charge in [0.05, 0.1) is 6.10 Å². The molecule has 1 aromatic rings. The molecule has 1 heterocycles. The summed E-state index contributed by atoms with van der Waals surface area (Å²) in [5.41, 5.74) is -0.153. The Labute approximate surface area is 105 Å². The number of hydrogen-bond donors (Lipinski definition) is 2. The van der Waals surface area contributed by atoms with Gasteiger partial charge < -0.3 is 5.11 Å². The van der Waals surface area contributed by atoms with Crippen molar-refractivity contribution < 1.29 is 5.11 Å². The SMILES string of the molecule is CCCn1c(S[C@H]2CCCC[C@@H]2O)n[nH]c1=O. The predicted octanol–water partition coefficient (Wildman–Crippen LogP) is 1.38. The number of nitrogens with one attached hydrogen (secondary N) is 1. The molecule has 0 saturated heterocycles. The van der Waals surface area contributed by atoms with Gasteiger partial charge in [0.25, 0.3) is 0 Å². The molecule has 5 nitrogen and oxygen atoms in total. The Balaban J connectivity index is 2.09. The number of thioether (sulfide) groups is 1. The summed E-state index contributed by atoms with van der Waals surface area (Å²) in [7, 11) is 0. The number of H-pyrrole nitrogens is 1. The van der Waals surface area contributed by atoms with Crippen molar-refractivity contribution >= 4 is 11.8 Å². The normalized spacial score (nSPS) is 25.1. The predicted molar refractivity (Wildman–Crippen MR) is 67.3 cm³/mol. The molecular weight excluding hydrogens is 238 g/mol. The number of aromatic nitrogens is 3. The number of hydrogen-bond acceptors (Lipinski definition) is 4. The molecule has 0 spiro atoms. The second-order valence-electron chi connectivity index (χ2n) is 4.47. The van der Waals surface area contributed by atoms with Crippen molar-refractivity contribution in [1.29, 1.82) is 0 Å². The Bertz CT molecular complexity index is 415. The van der Waals surface area contributed by atoms with Crippen LogP contribution in [0.4, 0.5) is 0 Å². The molecule has 6 heteroatoms. The Morgan fingerprint density at radius 1 is 1.53 bits per heavy atom. The lowest BCUT2D eigenvalue weighted by Gasteiger charge is -2.26. The third-order valence-electron chi connectivity index (χ3n) is 3.09. The molecule has 1 saturated carbocycles. The van der Waals surface area contributed by atoms with Gasteiger partial charge in [0.1, 0.15) is 0 Å². The van der Waals surface area contributed by atoms with Crippen molar-refractivity contribution in [3.8, 4) is 0 Å². The van der Waals surface area contributed by atoms with Crippen LogP contribution in [0, 0.1) is 0 Å². The van der Waals surface area contributed by atoms with Gasteiger partial charge in [-0.25, -0.2) is 9.89 Å². The maximum absolute atomic E-state index is 11.5. The number of rotatable bonds is 4. The standard InChI is InChI=1S/C11H19N3O2S/c1-2-7-14-10(16)12-13-11(14)17-9-6-4-3-5-8(9)15/h8-9,15H,2-7H2,1H3,(H,12,16)/t8-,9-/m0/s1. The zero-order valence-corrected chi connectivity index (χ0v) is 10.9. The summed E-state index contributed by atoms with van der Waals surface area (Å²) in [6, 6.07) is 0. The van der Waals surface area contributed by atoms with E-state index in [-0.39, 0.29) is 17.0 Å². The summed E-state index contributed by atoms with van der Waals surface area (Å²) in [4.78, 5) is 11.5. The van der Waals surface area contributed by atoms with Crippen LogP contribution in [0.3, 0.4) is 0 Å². The highest BCUT2D eigenvalue weighted by Gasteiger charge is 2.26. The maximum atomic E-state index is 11.5. The van der Waals surface area contributed by atoms with Crippen molar-refractivity contribution in [2.45, 2.75) is 62.1 Å². The van der Waals surface area contributed by atoms with Crippen LogP contribution in [-0.2, 0) is 6.54 Å². The Kier molecular flexibility index (Phi) is 4.28. The van der Waals surface area contributed by atoms with E-state index < -0.39 is 0 Å². The monoisotopic (exact) mass is 257 g/mol. The smallest absolute Gasteiger partial charge is 0.343 e. The first kappa shape index (κ1) is 12.7. The average Bonchev–Trinajstić information content (AvgIpc) is 2.65. The van der Waals surface area contributed by atoms with Crippen molar-refractivity contribution in [2.75, 3.05) is 0 Å². The van der Waals surface area contributed by atoms with Crippen LogP contribution in [0.5, 0.6) is 0 Å². The number of aliphatic hydroxyl groups is 1. The van der Waals surface area contributed by atoms with Gasteiger partial charge in [-0.3, -0.25) is 4.57 Å². The summed E-state index contributed by atoms with van der Waals surface area (Å²) < 4.78 is 1.66. The number of aromatic amines is 1. The first-order chi connectivity index (χ1) is 8.22. The third kappa shape index (κ3) is 2.93. The lowest BCUT2D eigenvalue weighted by molar-refractivity contribution is 0.136. The highest BCUT2D eigenvalue weighted by molar-refractivity contribution is 7.99. The van der Waals surface area contributed by atoms with Crippen LogP contribution in [0.15, 0.2) is 9.95 Å². The van der Waals surface area contributed by atoms with Crippen LogP contribution >= 0.6 is 11.8 Å². The van der Waals surface area contributed by atoms with Crippen molar-refractivity contribution in [3.05, 3.63) is 10.5 Å². The average molecular weight is 257 g/mol. The summed E-state index contributed by atoms with van der Waals surface area (Å²) in [5, 5.41) is 17.3. The van der Waals surface area contributed by atoms with Crippen LogP contribution < -0.4 is 5.69 Å². The molecule has 0 bridgehead atoms. The van der Waals surface area contributed by atoms with Gasteiger partial charge >= 0.3 is 5.69 Å². The summed E-state index contributed by atoms with van der Waals surface area (Å²) in [5.74, 6) is 0. The highest BCUT2D eigenvalue weighted by Crippen LogP contribution is 2.32. The molecule has 96 valence electrons. The Morgan fingerprint density at radius 2 is 2.29 bits per heavy atom. The molecule has 0 amide bonds.